The molecule has 1 atom stereocenters. The predicted molar refractivity (Wildman–Crippen MR) is 123 cm³/mol. The van der Waals surface area contributed by atoms with Crippen LogP contribution in [0.15, 0.2) is 72.6 Å². The van der Waals surface area contributed by atoms with E-state index >= 15 is 0 Å². The van der Waals surface area contributed by atoms with Gasteiger partial charge < -0.3 is 14.8 Å². The number of nitrogens with zero attached hydrogens (tertiary/aromatic N) is 3. The van der Waals surface area contributed by atoms with Crippen LogP contribution in [0.3, 0.4) is 0 Å². The molecule has 4 aromatic rings. The summed E-state index contributed by atoms with van der Waals surface area (Å²) in [7, 11) is 1.47. The topological polar surface area (TPSA) is 108 Å². The number of carbonyl (C=O) groups is 2. The molecule has 5 rings (SSSR count). The number of hydrogen-bond donors (Lipinski definition) is 2. The Morgan fingerprint density at radius 2 is 1.97 bits per heavy atom. The first kappa shape index (κ1) is 20.7. The Bertz CT molecular complexity index is 1400. The minimum Gasteiger partial charge on any atom is -0.507 e. The number of anilines is 1. The number of ether oxygens (including phenoxy) is 1. The van der Waals surface area contributed by atoms with Gasteiger partial charge in [-0.2, -0.15) is 0 Å². The summed E-state index contributed by atoms with van der Waals surface area (Å²) in [6.45, 7) is 0. The molecular weight excluding hydrogens is 444 g/mol. The first-order valence-electron chi connectivity index (χ1n) is 9.99. The molecule has 2 aromatic carbocycles. The molecule has 164 valence electrons. The summed E-state index contributed by atoms with van der Waals surface area (Å²) in [5.74, 6) is -1.40. The molecule has 0 bridgehead atoms. The van der Waals surface area contributed by atoms with E-state index in [9.17, 15) is 14.7 Å². The van der Waals surface area contributed by atoms with E-state index in [2.05, 4.69) is 15.0 Å². The van der Waals surface area contributed by atoms with Crippen molar-refractivity contribution in [3.8, 4) is 5.75 Å². The van der Waals surface area contributed by atoms with Crippen LogP contribution in [0.2, 0.25) is 5.02 Å². The van der Waals surface area contributed by atoms with Crippen LogP contribution in [-0.2, 0) is 9.59 Å². The number of halogens is 1. The third kappa shape index (κ3) is 3.41. The number of methoxy groups -OCH3 is 1. The average molecular weight is 461 g/mol. The Morgan fingerprint density at radius 1 is 1.15 bits per heavy atom. The summed E-state index contributed by atoms with van der Waals surface area (Å²) in [6, 6.07) is 14.4. The number of carbonyl (C=O) groups excluding carboxylic acids is 2. The van der Waals surface area contributed by atoms with Gasteiger partial charge in [0.05, 0.1) is 34.8 Å². The number of aromatic nitrogens is 3. The lowest BCUT2D eigenvalue weighted by Crippen LogP contribution is -2.30. The van der Waals surface area contributed by atoms with Gasteiger partial charge >= 0.3 is 5.91 Å². The van der Waals surface area contributed by atoms with Crippen LogP contribution in [0.1, 0.15) is 17.2 Å². The van der Waals surface area contributed by atoms with Gasteiger partial charge in [-0.1, -0.05) is 29.8 Å². The maximum atomic E-state index is 13.2. The zero-order valence-electron chi connectivity index (χ0n) is 17.3. The molecule has 1 amide bonds. The molecule has 1 fully saturated rings. The number of pyridine rings is 1. The molecule has 1 saturated heterocycles. The van der Waals surface area contributed by atoms with E-state index in [0.717, 1.165) is 0 Å². The molecule has 1 aliphatic heterocycles. The van der Waals surface area contributed by atoms with Crippen molar-refractivity contribution in [1.82, 2.24) is 15.0 Å². The van der Waals surface area contributed by atoms with Crippen molar-refractivity contribution in [1.29, 1.82) is 0 Å². The number of ketones is 1. The Morgan fingerprint density at radius 3 is 2.67 bits per heavy atom. The van der Waals surface area contributed by atoms with E-state index in [1.54, 1.807) is 42.7 Å². The van der Waals surface area contributed by atoms with Crippen molar-refractivity contribution in [3.63, 3.8) is 0 Å². The normalized spacial score (nSPS) is 17.6. The van der Waals surface area contributed by atoms with E-state index in [0.29, 0.717) is 22.3 Å². The molecule has 8 nitrogen and oxygen atoms in total. The van der Waals surface area contributed by atoms with Crippen molar-refractivity contribution in [2.45, 2.75) is 6.04 Å². The van der Waals surface area contributed by atoms with Gasteiger partial charge in [-0.25, -0.2) is 4.98 Å². The number of para-hydroxylation sites is 2. The summed E-state index contributed by atoms with van der Waals surface area (Å²) in [5.41, 5.74) is 2.08. The highest BCUT2D eigenvalue weighted by Crippen LogP contribution is 2.42. The lowest BCUT2D eigenvalue weighted by atomic mass is 9.96. The van der Waals surface area contributed by atoms with Crippen molar-refractivity contribution in [2.75, 3.05) is 12.0 Å². The number of imidazole rings is 1. The number of aromatic amines is 1. The van der Waals surface area contributed by atoms with Crippen LogP contribution in [0.4, 0.5) is 5.95 Å². The van der Waals surface area contributed by atoms with Gasteiger partial charge in [0.15, 0.2) is 0 Å². The van der Waals surface area contributed by atoms with Gasteiger partial charge in [0.1, 0.15) is 11.5 Å². The van der Waals surface area contributed by atoms with E-state index < -0.39 is 17.7 Å². The zero-order chi connectivity index (χ0) is 23.1. The zero-order valence-corrected chi connectivity index (χ0v) is 18.1. The summed E-state index contributed by atoms with van der Waals surface area (Å²) in [6.07, 6.45) is 3.13. The highest BCUT2D eigenvalue weighted by Gasteiger charge is 2.48. The smallest absolute Gasteiger partial charge is 0.302 e. The van der Waals surface area contributed by atoms with E-state index in [1.807, 2.05) is 18.2 Å². The van der Waals surface area contributed by atoms with Crippen LogP contribution in [-0.4, -0.2) is 38.9 Å². The third-order valence-electron chi connectivity index (χ3n) is 5.47. The van der Waals surface area contributed by atoms with Gasteiger partial charge in [0.2, 0.25) is 5.95 Å². The molecule has 1 unspecified atom stereocenters. The predicted octanol–water partition coefficient (Wildman–Crippen LogP) is 4.25. The van der Waals surface area contributed by atoms with Gasteiger partial charge in [-0.05, 0) is 42.0 Å². The molecule has 2 N–H and O–H groups in total. The van der Waals surface area contributed by atoms with Crippen LogP contribution in [0.5, 0.6) is 5.75 Å². The summed E-state index contributed by atoms with van der Waals surface area (Å²) >= 11 is 6.22. The Labute approximate surface area is 193 Å². The monoisotopic (exact) mass is 460 g/mol. The van der Waals surface area contributed by atoms with Crippen LogP contribution < -0.4 is 9.64 Å². The van der Waals surface area contributed by atoms with Crippen molar-refractivity contribution in [2.24, 2.45) is 0 Å². The maximum Gasteiger partial charge on any atom is 0.302 e. The van der Waals surface area contributed by atoms with Crippen LogP contribution in [0.25, 0.3) is 16.8 Å². The number of aliphatic hydroxyl groups excluding tert-OH is 1. The number of benzene rings is 2. The Hall–Kier alpha value is -4.17. The van der Waals surface area contributed by atoms with E-state index in [-0.39, 0.29) is 27.9 Å². The van der Waals surface area contributed by atoms with Gasteiger partial charge in [0.25, 0.3) is 5.78 Å². The molecule has 2 aromatic heterocycles. The third-order valence-corrected chi connectivity index (χ3v) is 5.77. The Balaban J connectivity index is 1.72. The van der Waals surface area contributed by atoms with Gasteiger partial charge in [-0.15, -0.1) is 0 Å². The minimum absolute atomic E-state index is 0.0883. The summed E-state index contributed by atoms with van der Waals surface area (Å²) < 4.78 is 5.16. The average Bonchev–Trinajstić information content (AvgIpc) is 3.37. The van der Waals surface area contributed by atoms with Crippen LogP contribution in [0, 0.1) is 0 Å². The highest BCUT2D eigenvalue weighted by atomic mass is 35.5. The largest absolute Gasteiger partial charge is 0.507 e. The van der Waals surface area contributed by atoms with Crippen LogP contribution >= 0.6 is 11.6 Å². The van der Waals surface area contributed by atoms with Gasteiger partial charge in [0, 0.05) is 18.0 Å². The second-order valence-electron chi connectivity index (χ2n) is 7.38. The molecule has 33 heavy (non-hydrogen) atoms. The molecule has 3 heterocycles. The second kappa shape index (κ2) is 8.07. The van der Waals surface area contributed by atoms with Crippen molar-refractivity contribution in [3.05, 3.63) is 88.7 Å². The second-order valence-corrected chi connectivity index (χ2v) is 7.79. The quantitative estimate of drug-likeness (QED) is 0.268. The number of rotatable bonds is 4. The summed E-state index contributed by atoms with van der Waals surface area (Å²) in [5, 5.41) is 11.4. The number of fused-ring (bicyclic) bond motifs is 1. The minimum atomic E-state index is -0.944. The summed E-state index contributed by atoms with van der Waals surface area (Å²) in [4.78, 5) is 39.3. The molecule has 0 aliphatic carbocycles. The molecule has 0 saturated carbocycles. The van der Waals surface area contributed by atoms with E-state index in [4.69, 9.17) is 16.3 Å². The first-order chi connectivity index (χ1) is 16.0. The molecule has 0 spiro atoms. The first-order valence-corrected chi connectivity index (χ1v) is 10.4. The number of hydrogen-bond acceptors (Lipinski definition) is 6. The molecular formula is C24H17ClN4O4. The van der Waals surface area contributed by atoms with Crippen molar-refractivity contribution < 1.29 is 19.4 Å². The van der Waals surface area contributed by atoms with Crippen molar-refractivity contribution >= 4 is 46.0 Å². The molecule has 0 radical (unpaired) electrons. The van der Waals surface area contributed by atoms with Gasteiger partial charge in [-0.3, -0.25) is 19.5 Å². The molecule has 9 heteroatoms. The number of amides is 1. The number of aliphatic hydroxyl groups is 1. The molecule has 1 aliphatic rings. The fraction of sp³-hybridized carbons (Fsp3) is 0.0833. The van der Waals surface area contributed by atoms with E-state index in [1.165, 1.54) is 18.1 Å². The highest BCUT2D eigenvalue weighted by molar-refractivity contribution is 6.51. The SMILES string of the molecule is COc1ccc(/C(O)=C2\C(=O)C(=O)N(c3nc4ccccc4[nH]3)C2c2cccnc2)cc1Cl. The standard InChI is InChI=1S/C24H17ClN4O4/c1-33-18-9-8-13(11-15(18)25)21(30)19-20(14-5-4-10-26-12-14)29(23(32)22(19)31)24-27-16-6-2-3-7-17(16)28-24/h2-12,20,30H,1H3,(H,27,28)/b21-19+. The Kier molecular flexibility index (Phi) is 5.07. The number of Topliss-reactive ketones (excluding diaryl/α,β-unsaturated/α-hetero) is 1. The fourth-order valence-corrected chi connectivity index (χ4v) is 4.18. The lowest BCUT2D eigenvalue weighted by Gasteiger charge is -2.22. The lowest BCUT2D eigenvalue weighted by molar-refractivity contribution is -0.132. The number of H-pyrrole nitrogens is 1. The number of nitrogens with one attached hydrogen (secondary N) is 1. The maximum absolute atomic E-state index is 13.2. The fourth-order valence-electron chi connectivity index (χ4n) is 3.93.